The summed E-state index contributed by atoms with van der Waals surface area (Å²) in [6.45, 7) is -2.55. The van der Waals surface area contributed by atoms with Crippen molar-refractivity contribution in [3.05, 3.63) is 48.0 Å². The molecule has 0 saturated carbocycles. The van der Waals surface area contributed by atoms with Crippen molar-refractivity contribution in [3.8, 4) is 22.6 Å². The Balaban J connectivity index is 2.28. The highest BCUT2D eigenvalue weighted by Crippen LogP contribution is 2.48. The van der Waals surface area contributed by atoms with Crippen LogP contribution in [0.1, 0.15) is 45.6 Å². The Morgan fingerprint density at radius 3 is 2.27 bits per heavy atom. The van der Waals surface area contributed by atoms with Crippen LogP contribution in [0.2, 0.25) is 0 Å². The molecule has 13 heteroatoms. The van der Waals surface area contributed by atoms with E-state index in [1.165, 1.54) is 24.3 Å². The lowest BCUT2D eigenvalue weighted by Crippen LogP contribution is -2.87. The summed E-state index contributed by atoms with van der Waals surface area (Å²) in [4.78, 5) is 64.2. The van der Waals surface area contributed by atoms with E-state index in [9.17, 15) is 44.4 Å². The van der Waals surface area contributed by atoms with E-state index < -0.39 is 98.6 Å². The van der Waals surface area contributed by atoms with Crippen LogP contribution in [0.3, 0.4) is 0 Å². The van der Waals surface area contributed by atoms with E-state index >= 15 is 0 Å². The SMILES string of the molecule is [2H]CC(=O)C(O)[C@H]1OC(Oc2cc(C)ccc2-c2cccc(OCC(=O)OCC)c2)[C@](O)(C(=O)C[2H])[C@](O)(C(=O)C[2H])[C@@]1(O)C(=O)C[2H]. The summed E-state index contributed by atoms with van der Waals surface area (Å²) in [7, 11) is 0. The van der Waals surface area contributed by atoms with Crippen molar-refractivity contribution >= 4 is 29.1 Å². The number of Topliss-reactive ketones (excluding diaryl/α,β-unsaturated/α-hetero) is 4. The molecule has 44 heavy (non-hydrogen) atoms. The molecule has 13 nitrogen and oxygen atoms in total. The van der Waals surface area contributed by atoms with Crippen LogP contribution in [-0.2, 0) is 33.4 Å². The molecular formula is C31H36O13. The van der Waals surface area contributed by atoms with Gasteiger partial charge in [-0.05, 0) is 70.8 Å². The average molecular weight is 621 g/mol. The number of aliphatic hydroxyl groups is 4. The number of ketones is 4. The van der Waals surface area contributed by atoms with E-state index in [0.717, 1.165) is 0 Å². The summed E-state index contributed by atoms with van der Waals surface area (Å²) in [5.41, 5.74) is -10.9. The van der Waals surface area contributed by atoms with Crippen molar-refractivity contribution in [3.63, 3.8) is 0 Å². The van der Waals surface area contributed by atoms with Gasteiger partial charge in [0.25, 0.3) is 0 Å². The lowest BCUT2D eigenvalue weighted by molar-refractivity contribution is -0.358. The van der Waals surface area contributed by atoms with Crippen LogP contribution >= 0.6 is 0 Å². The fourth-order valence-electron chi connectivity index (χ4n) is 4.88. The third-order valence-electron chi connectivity index (χ3n) is 7.17. The highest BCUT2D eigenvalue weighted by atomic mass is 16.7. The molecule has 1 aliphatic rings. The highest BCUT2D eigenvalue weighted by molar-refractivity contribution is 6.05. The van der Waals surface area contributed by atoms with Gasteiger partial charge in [-0.25, -0.2) is 4.79 Å². The third kappa shape index (κ3) is 5.76. The molecule has 1 saturated heterocycles. The monoisotopic (exact) mass is 620 g/mol. The number of carbonyl (C=O) groups excluding carboxylic acids is 5. The normalized spacial score (nSPS) is 28.3. The second kappa shape index (κ2) is 12.9. The van der Waals surface area contributed by atoms with Gasteiger partial charge in [0.05, 0.1) is 6.61 Å². The molecule has 6 atom stereocenters. The van der Waals surface area contributed by atoms with Crippen molar-refractivity contribution in [1.29, 1.82) is 0 Å². The predicted octanol–water partition coefficient (Wildman–Crippen LogP) is 0.618. The summed E-state index contributed by atoms with van der Waals surface area (Å²) >= 11 is 0. The summed E-state index contributed by atoms with van der Waals surface area (Å²) in [6.07, 6.45) is -8.07. The number of rotatable bonds is 12. The third-order valence-corrected chi connectivity index (χ3v) is 7.17. The molecule has 0 aliphatic carbocycles. The predicted molar refractivity (Wildman–Crippen MR) is 152 cm³/mol. The maximum absolute atomic E-state index is 13.4. The van der Waals surface area contributed by atoms with Gasteiger partial charge in [0.1, 0.15) is 23.7 Å². The van der Waals surface area contributed by atoms with Gasteiger partial charge < -0.3 is 39.4 Å². The lowest BCUT2D eigenvalue weighted by Gasteiger charge is -2.57. The molecular weight excluding hydrogens is 580 g/mol. The number of aryl methyl sites for hydroxylation is 1. The number of benzene rings is 2. The fourth-order valence-corrected chi connectivity index (χ4v) is 4.88. The van der Waals surface area contributed by atoms with E-state index in [1.54, 1.807) is 32.0 Å². The van der Waals surface area contributed by atoms with E-state index in [0.29, 0.717) is 11.1 Å². The summed E-state index contributed by atoms with van der Waals surface area (Å²) < 4.78 is 52.1. The molecule has 0 radical (unpaired) electrons. The molecule has 0 amide bonds. The van der Waals surface area contributed by atoms with Gasteiger partial charge in [-0.2, -0.15) is 0 Å². The Kier molecular flexibility index (Phi) is 8.44. The second-order valence-electron chi connectivity index (χ2n) is 10.1. The average Bonchev–Trinajstić information content (AvgIpc) is 3.09. The zero-order valence-corrected chi connectivity index (χ0v) is 24.0. The molecule has 0 bridgehead atoms. The first-order valence-electron chi connectivity index (χ1n) is 15.9. The second-order valence-corrected chi connectivity index (χ2v) is 10.1. The van der Waals surface area contributed by atoms with Crippen molar-refractivity contribution in [2.24, 2.45) is 0 Å². The molecule has 1 aliphatic heterocycles. The highest BCUT2D eigenvalue weighted by Gasteiger charge is 2.80. The Labute approximate surface area is 258 Å². The Bertz CT molecular complexity index is 1550. The number of esters is 1. The minimum Gasteiger partial charge on any atom is -0.482 e. The van der Waals surface area contributed by atoms with Crippen LogP contribution in [0.5, 0.6) is 11.5 Å². The number of hydrogen-bond donors (Lipinski definition) is 4. The summed E-state index contributed by atoms with van der Waals surface area (Å²) in [5.74, 6) is -7.49. The summed E-state index contributed by atoms with van der Waals surface area (Å²) in [6, 6.07) is 10.6. The molecule has 0 spiro atoms. The smallest absolute Gasteiger partial charge is 0.344 e. The maximum Gasteiger partial charge on any atom is 0.344 e. The molecule has 2 aromatic rings. The van der Waals surface area contributed by atoms with Gasteiger partial charge in [-0.15, -0.1) is 0 Å². The molecule has 2 aromatic carbocycles. The first-order chi connectivity index (χ1) is 22.6. The first-order valence-corrected chi connectivity index (χ1v) is 13.1. The van der Waals surface area contributed by atoms with Gasteiger partial charge in [0.2, 0.25) is 17.5 Å². The Hall–Kier alpha value is -4.01. The first kappa shape index (κ1) is 28.7. The zero-order chi connectivity index (χ0) is 36.0. The van der Waals surface area contributed by atoms with Gasteiger partial charge in [0, 0.05) is 11.0 Å². The van der Waals surface area contributed by atoms with Gasteiger partial charge in [-0.1, -0.05) is 24.3 Å². The van der Waals surface area contributed by atoms with Crippen LogP contribution < -0.4 is 9.47 Å². The molecule has 4 N–H and O–H groups in total. The van der Waals surface area contributed by atoms with Crippen LogP contribution in [0, 0.1) is 6.92 Å². The van der Waals surface area contributed by atoms with Crippen molar-refractivity contribution in [2.75, 3.05) is 13.2 Å². The van der Waals surface area contributed by atoms with E-state index in [1.807, 2.05) is 0 Å². The molecule has 0 aromatic heterocycles. The van der Waals surface area contributed by atoms with Crippen LogP contribution in [0.25, 0.3) is 11.1 Å². The minimum atomic E-state index is -4.13. The number of ether oxygens (including phenoxy) is 4. The standard InChI is InChI=1S/C31H36O13/c1-7-41-25(36)15-42-22-10-8-9-21(14-22)23-12-11-16(2)13-24(23)43-28-30(39,19(5)34)31(40,20(6)35)29(38,18(4)33)27(44-28)26(37)17(3)32/h8-14,26-28,37-40H,7,15H2,1-6H3/t26?,27-,28?,29-,30-,31+/m1/s1/i3D,4D,5D,6D. The van der Waals surface area contributed by atoms with Crippen LogP contribution in [-0.4, -0.2) is 98.0 Å². The largest absolute Gasteiger partial charge is 0.482 e. The van der Waals surface area contributed by atoms with Crippen molar-refractivity contribution in [1.82, 2.24) is 0 Å². The quantitative estimate of drug-likeness (QED) is 0.241. The summed E-state index contributed by atoms with van der Waals surface area (Å²) in [5, 5.41) is 46.5. The maximum atomic E-state index is 13.4. The van der Waals surface area contributed by atoms with E-state index in [2.05, 4.69) is 0 Å². The topological polar surface area (TPSA) is 203 Å². The van der Waals surface area contributed by atoms with Crippen LogP contribution in [0.4, 0.5) is 0 Å². The van der Waals surface area contributed by atoms with E-state index in [4.69, 9.17) is 24.4 Å². The van der Waals surface area contributed by atoms with E-state index in [-0.39, 0.29) is 23.7 Å². The van der Waals surface area contributed by atoms with Gasteiger partial charge >= 0.3 is 5.97 Å². The molecule has 3 rings (SSSR count). The number of hydrogen-bond acceptors (Lipinski definition) is 13. The van der Waals surface area contributed by atoms with Gasteiger partial charge in [-0.3, -0.25) is 19.2 Å². The number of aliphatic hydroxyl groups excluding tert-OH is 1. The van der Waals surface area contributed by atoms with Gasteiger partial charge in [0.15, 0.2) is 35.3 Å². The zero-order valence-electron chi connectivity index (χ0n) is 28.0. The minimum absolute atomic E-state index is 0.136. The molecule has 1 heterocycles. The Morgan fingerprint density at radius 2 is 1.64 bits per heavy atom. The molecule has 2 unspecified atom stereocenters. The van der Waals surface area contributed by atoms with Crippen LogP contribution in [0.15, 0.2) is 42.5 Å². The Morgan fingerprint density at radius 1 is 0.955 bits per heavy atom. The van der Waals surface area contributed by atoms with Crippen molar-refractivity contribution < 1.29 is 68.8 Å². The fraction of sp³-hybridized carbons (Fsp3) is 0.452. The molecule has 238 valence electrons. The van der Waals surface area contributed by atoms with Crippen molar-refractivity contribution in [2.45, 2.75) is 76.7 Å². The molecule has 1 fully saturated rings. The number of carbonyl (C=O) groups is 5. The lowest BCUT2D eigenvalue weighted by atomic mass is 9.60.